The largest absolute Gasteiger partial charge is 0.459 e. The number of carbonyl (C=O) groups is 1. The molecule has 0 bridgehead atoms. The first-order chi connectivity index (χ1) is 10.9. The zero-order chi connectivity index (χ0) is 16.4. The molecule has 1 aromatic heterocycles. The number of furan rings is 1. The Morgan fingerprint density at radius 1 is 1.35 bits per heavy atom. The fourth-order valence-electron chi connectivity index (χ4n) is 3.15. The predicted octanol–water partition coefficient (Wildman–Crippen LogP) is 3.50. The van der Waals surface area contributed by atoms with E-state index in [9.17, 15) is 4.79 Å². The molecule has 1 aromatic carbocycles. The van der Waals surface area contributed by atoms with E-state index >= 15 is 0 Å². The van der Waals surface area contributed by atoms with Gasteiger partial charge < -0.3 is 19.8 Å². The molecule has 3 rings (SSSR count). The first kappa shape index (κ1) is 15.9. The second-order valence-electron chi connectivity index (χ2n) is 6.77. The van der Waals surface area contributed by atoms with Gasteiger partial charge in [0.05, 0.1) is 12.1 Å². The van der Waals surface area contributed by atoms with Crippen molar-refractivity contribution in [3.63, 3.8) is 0 Å². The number of amides is 2. The van der Waals surface area contributed by atoms with E-state index in [0.717, 1.165) is 35.1 Å². The molecule has 1 atom stereocenters. The van der Waals surface area contributed by atoms with E-state index in [-0.39, 0.29) is 17.7 Å². The van der Waals surface area contributed by atoms with Crippen LogP contribution in [0.15, 0.2) is 28.7 Å². The van der Waals surface area contributed by atoms with Crippen LogP contribution in [0.4, 0.5) is 4.79 Å². The molecule has 0 aliphatic carbocycles. The van der Waals surface area contributed by atoms with Crippen LogP contribution in [0.5, 0.6) is 0 Å². The van der Waals surface area contributed by atoms with Gasteiger partial charge in [-0.05, 0) is 39.7 Å². The van der Waals surface area contributed by atoms with Gasteiger partial charge in [0.15, 0.2) is 0 Å². The molecule has 124 valence electrons. The van der Waals surface area contributed by atoms with Crippen LogP contribution in [0.3, 0.4) is 0 Å². The van der Waals surface area contributed by atoms with Gasteiger partial charge in [-0.25, -0.2) is 4.79 Å². The number of aryl methyl sites for hydroxylation is 1. The summed E-state index contributed by atoms with van der Waals surface area (Å²) in [5, 5.41) is 7.01. The smallest absolute Gasteiger partial charge is 0.315 e. The summed E-state index contributed by atoms with van der Waals surface area (Å²) >= 11 is 0. The van der Waals surface area contributed by atoms with E-state index in [1.807, 2.05) is 31.2 Å². The van der Waals surface area contributed by atoms with Gasteiger partial charge in [-0.2, -0.15) is 0 Å². The Morgan fingerprint density at radius 2 is 2.13 bits per heavy atom. The quantitative estimate of drug-likeness (QED) is 0.911. The summed E-state index contributed by atoms with van der Waals surface area (Å²) in [6, 6.07) is 7.89. The first-order valence-corrected chi connectivity index (χ1v) is 8.10. The Morgan fingerprint density at radius 3 is 2.87 bits per heavy atom. The van der Waals surface area contributed by atoms with Crippen molar-refractivity contribution >= 4 is 17.0 Å². The molecule has 5 heteroatoms. The summed E-state index contributed by atoms with van der Waals surface area (Å²) in [6.45, 7) is 7.19. The molecule has 1 aliphatic heterocycles. The molecule has 2 amide bonds. The second kappa shape index (κ2) is 6.24. The molecule has 1 aliphatic rings. The van der Waals surface area contributed by atoms with E-state index in [2.05, 4.69) is 24.5 Å². The van der Waals surface area contributed by atoms with Gasteiger partial charge in [0, 0.05) is 23.6 Å². The number of fused-ring (bicyclic) bond motifs is 1. The van der Waals surface area contributed by atoms with Gasteiger partial charge in [0.1, 0.15) is 11.3 Å². The average molecular weight is 316 g/mol. The molecule has 0 radical (unpaired) electrons. The van der Waals surface area contributed by atoms with Gasteiger partial charge >= 0.3 is 6.03 Å². The predicted molar refractivity (Wildman–Crippen MR) is 89.4 cm³/mol. The van der Waals surface area contributed by atoms with Crippen LogP contribution in [-0.4, -0.2) is 24.3 Å². The zero-order valence-electron chi connectivity index (χ0n) is 13.9. The maximum Gasteiger partial charge on any atom is 0.315 e. The van der Waals surface area contributed by atoms with Crippen LogP contribution >= 0.6 is 0 Å². The van der Waals surface area contributed by atoms with Crippen molar-refractivity contribution in [2.45, 2.75) is 51.8 Å². The Bertz CT molecular complexity index is 705. The molecule has 2 aromatic rings. The summed E-state index contributed by atoms with van der Waals surface area (Å²) in [6.07, 6.45) is 1.67. The second-order valence-corrected chi connectivity index (χ2v) is 6.77. The van der Waals surface area contributed by atoms with Crippen LogP contribution in [0.1, 0.15) is 38.0 Å². The third-order valence-corrected chi connectivity index (χ3v) is 4.38. The Balaban J connectivity index is 1.57. The number of hydrogen-bond acceptors (Lipinski definition) is 3. The lowest BCUT2D eigenvalue weighted by molar-refractivity contribution is -0.0611. The molecule has 1 unspecified atom stereocenters. The normalized spacial score (nSPS) is 20.4. The minimum absolute atomic E-state index is 0.149. The zero-order valence-corrected chi connectivity index (χ0v) is 13.9. The molecule has 2 heterocycles. The van der Waals surface area contributed by atoms with Crippen molar-refractivity contribution in [2.75, 3.05) is 6.61 Å². The lowest BCUT2D eigenvalue weighted by atomic mass is 9.94. The number of para-hydroxylation sites is 1. The Labute approximate surface area is 136 Å². The van der Waals surface area contributed by atoms with E-state index in [1.165, 1.54) is 0 Å². The highest BCUT2D eigenvalue weighted by Gasteiger charge is 2.29. The topological polar surface area (TPSA) is 63.5 Å². The molecule has 23 heavy (non-hydrogen) atoms. The SMILES string of the molecule is Cc1c(CNC(=O)NC2CCOC(C)(C)C2)oc2ccccc12. The van der Waals surface area contributed by atoms with Crippen LogP contribution in [-0.2, 0) is 11.3 Å². The maximum absolute atomic E-state index is 12.1. The van der Waals surface area contributed by atoms with Crippen LogP contribution in [0.2, 0.25) is 0 Å². The maximum atomic E-state index is 12.1. The number of nitrogens with one attached hydrogen (secondary N) is 2. The standard InChI is InChI=1S/C18H24N2O3/c1-12-14-6-4-5-7-15(14)23-16(12)11-19-17(21)20-13-8-9-22-18(2,3)10-13/h4-7,13H,8-11H2,1-3H3,(H2,19,20,21). The highest BCUT2D eigenvalue weighted by Crippen LogP contribution is 2.25. The van der Waals surface area contributed by atoms with E-state index in [1.54, 1.807) is 0 Å². The monoisotopic (exact) mass is 316 g/mol. The molecule has 1 saturated heterocycles. The van der Waals surface area contributed by atoms with Crippen molar-refractivity contribution in [1.82, 2.24) is 10.6 Å². The van der Waals surface area contributed by atoms with Crippen LogP contribution < -0.4 is 10.6 Å². The molecule has 2 N–H and O–H groups in total. The van der Waals surface area contributed by atoms with Crippen molar-refractivity contribution in [3.8, 4) is 0 Å². The number of carbonyl (C=O) groups excluding carboxylic acids is 1. The van der Waals surface area contributed by atoms with Crippen LogP contribution in [0, 0.1) is 6.92 Å². The summed E-state index contributed by atoms with van der Waals surface area (Å²) in [7, 11) is 0. The minimum Gasteiger partial charge on any atom is -0.459 e. The first-order valence-electron chi connectivity index (χ1n) is 8.10. The highest BCUT2D eigenvalue weighted by molar-refractivity contribution is 5.82. The molecular formula is C18H24N2O3. The molecule has 5 nitrogen and oxygen atoms in total. The number of ether oxygens (including phenoxy) is 1. The van der Waals surface area contributed by atoms with E-state index in [4.69, 9.17) is 9.15 Å². The number of benzene rings is 1. The van der Waals surface area contributed by atoms with Crippen LogP contribution in [0.25, 0.3) is 11.0 Å². The molecule has 0 saturated carbocycles. The highest BCUT2D eigenvalue weighted by atomic mass is 16.5. The molecular weight excluding hydrogens is 292 g/mol. The van der Waals surface area contributed by atoms with Gasteiger partial charge in [0.25, 0.3) is 0 Å². The number of rotatable bonds is 3. The fraction of sp³-hybridized carbons (Fsp3) is 0.500. The lowest BCUT2D eigenvalue weighted by Crippen LogP contribution is -2.48. The number of hydrogen-bond donors (Lipinski definition) is 2. The average Bonchev–Trinajstić information content (AvgIpc) is 2.81. The third kappa shape index (κ3) is 3.67. The van der Waals surface area contributed by atoms with Crippen molar-refractivity contribution in [1.29, 1.82) is 0 Å². The number of urea groups is 1. The minimum atomic E-state index is -0.175. The Kier molecular flexibility index (Phi) is 4.31. The van der Waals surface area contributed by atoms with Gasteiger partial charge in [0.2, 0.25) is 0 Å². The van der Waals surface area contributed by atoms with Crippen molar-refractivity contribution in [3.05, 3.63) is 35.6 Å². The van der Waals surface area contributed by atoms with Gasteiger partial charge in [-0.1, -0.05) is 18.2 Å². The third-order valence-electron chi connectivity index (χ3n) is 4.38. The summed E-state index contributed by atoms with van der Waals surface area (Å²) in [5.74, 6) is 0.800. The molecule has 0 spiro atoms. The summed E-state index contributed by atoms with van der Waals surface area (Å²) in [4.78, 5) is 12.1. The summed E-state index contributed by atoms with van der Waals surface area (Å²) in [5.41, 5.74) is 1.76. The van der Waals surface area contributed by atoms with Gasteiger partial charge in [-0.3, -0.25) is 0 Å². The summed E-state index contributed by atoms with van der Waals surface area (Å²) < 4.78 is 11.5. The lowest BCUT2D eigenvalue weighted by Gasteiger charge is -2.35. The molecule has 1 fully saturated rings. The van der Waals surface area contributed by atoms with Gasteiger partial charge in [-0.15, -0.1) is 0 Å². The fourth-order valence-corrected chi connectivity index (χ4v) is 3.15. The Hall–Kier alpha value is -2.01. The van der Waals surface area contributed by atoms with E-state index in [0.29, 0.717) is 13.2 Å². The van der Waals surface area contributed by atoms with E-state index < -0.39 is 0 Å². The van der Waals surface area contributed by atoms with Crippen molar-refractivity contribution < 1.29 is 13.9 Å². The van der Waals surface area contributed by atoms with Crippen molar-refractivity contribution in [2.24, 2.45) is 0 Å².